The first kappa shape index (κ1) is 12.7. The van der Waals surface area contributed by atoms with Crippen LogP contribution >= 0.6 is 0 Å². The molecule has 2 aromatic rings. The van der Waals surface area contributed by atoms with Crippen molar-refractivity contribution >= 4 is 17.5 Å². The van der Waals surface area contributed by atoms with Gasteiger partial charge >= 0.3 is 0 Å². The zero-order valence-corrected chi connectivity index (χ0v) is 11.2. The normalized spacial score (nSPS) is 18.9. The number of carbonyl (C=O) groups is 2. The van der Waals surface area contributed by atoms with Gasteiger partial charge in [0, 0.05) is 18.4 Å². The van der Waals surface area contributed by atoms with Crippen LogP contribution in [0.4, 0.5) is 0 Å². The maximum atomic E-state index is 12.2. The van der Waals surface area contributed by atoms with Crippen LogP contribution in [-0.4, -0.2) is 33.8 Å². The van der Waals surface area contributed by atoms with Crippen molar-refractivity contribution in [3.8, 4) is 0 Å². The number of piperidine rings is 1. The van der Waals surface area contributed by atoms with Crippen molar-refractivity contribution in [2.45, 2.75) is 25.8 Å². The number of aryl methyl sites for hydroxylation is 1. The summed E-state index contributed by atoms with van der Waals surface area (Å²) in [5.41, 5.74) is 2.06. The Morgan fingerprint density at radius 2 is 2.35 bits per heavy atom. The first-order valence-electron chi connectivity index (χ1n) is 6.68. The van der Waals surface area contributed by atoms with Crippen LogP contribution in [0.5, 0.6) is 0 Å². The van der Waals surface area contributed by atoms with E-state index in [-0.39, 0.29) is 11.8 Å². The summed E-state index contributed by atoms with van der Waals surface area (Å²) in [5, 5.41) is 5.48. The molecule has 0 radical (unpaired) electrons. The lowest BCUT2D eigenvalue weighted by Crippen LogP contribution is -2.50. The molecule has 0 saturated carbocycles. The summed E-state index contributed by atoms with van der Waals surface area (Å²) < 4.78 is 1.86. The van der Waals surface area contributed by atoms with E-state index >= 15 is 0 Å². The van der Waals surface area contributed by atoms with Crippen molar-refractivity contribution < 1.29 is 9.59 Å². The summed E-state index contributed by atoms with van der Waals surface area (Å²) in [5.74, 6) is -0.431. The van der Waals surface area contributed by atoms with Crippen molar-refractivity contribution in [2.24, 2.45) is 0 Å². The van der Waals surface area contributed by atoms with E-state index in [1.54, 1.807) is 6.20 Å². The molecule has 1 aliphatic rings. The second-order valence-electron chi connectivity index (χ2n) is 4.98. The van der Waals surface area contributed by atoms with Gasteiger partial charge in [-0.3, -0.25) is 9.59 Å². The first-order chi connectivity index (χ1) is 9.65. The average Bonchev–Trinajstić information content (AvgIpc) is 2.87. The number of nitrogens with zero attached hydrogens (tertiary/aromatic N) is 2. The molecule has 6 nitrogen and oxygen atoms in total. The quantitative estimate of drug-likeness (QED) is 0.843. The Morgan fingerprint density at radius 3 is 3.10 bits per heavy atom. The molecule has 20 heavy (non-hydrogen) atoms. The molecule has 1 atom stereocenters. The van der Waals surface area contributed by atoms with Crippen molar-refractivity contribution in [1.29, 1.82) is 0 Å². The van der Waals surface area contributed by atoms with E-state index in [0.717, 1.165) is 17.8 Å². The van der Waals surface area contributed by atoms with Crippen LogP contribution in [0.1, 0.15) is 29.0 Å². The predicted octanol–water partition coefficient (Wildman–Crippen LogP) is 0.651. The summed E-state index contributed by atoms with van der Waals surface area (Å²) in [7, 11) is 0. The van der Waals surface area contributed by atoms with Gasteiger partial charge in [0.1, 0.15) is 17.4 Å². The Kier molecular flexibility index (Phi) is 3.14. The van der Waals surface area contributed by atoms with E-state index < -0.39 is 6.04 Å². The van der Waals surface area contributed by atoms with Crippen LogP contribution in [0.15, 0.2) is 24.4 Å². The predicted molar refractivity (Wildman–Crippen MR) is 73.4 cm³/mol. The smallest absolute Gasteiger partial charge is 0.272 e. The minimum Gasteiger partial charge on any atom is -0.354 e. The molecule has 2 N–H and O–H groups in total. The third-order valence-electron chi connectivity index (χ3n) is 3.52. The van der Waals surface area contributed by atoms with Gasteiger partial charge in [-0.2, -0.15) is 0 Å². The molecular weight excluding hydrogens is 256 g/mol. The number of carbonyl (C=O) groups excluding carboxylic acids is 2. The molecule has 0 spiro atoms. The highest BCUT2D eigenvalue weighted by Gasteiger charge is 2.24. The highest BCUT2D eigenvalue weighted by Crippen LogP contribution is 2.09. The lowest BCUT2D eigenvalue weighted by molar-refractivity contribution is -0.124. The molecule has 6 heteroatoms. The van der Waals surface area contributed by atoms with E-state index in [9.17, 15) is 9.59 Å². The standard InChI is InChI=1S/C14H16N4O2/c1-9-4-2-6-12-16-11(8-18(9)12)14(20)17-10-5-3-7-15-13(10)19/h2,4,6,8,10H,3,5,7H2,1H3,(H,15,19)(H,17,20)/t10-/m0/s1. The fourth-order valence-electron chi connectivity index (χ4n) is 2.40. The molecule has 104 valence electrons. The zero-order valence-electron chi connectivity index (χ0n) is 11.2. The van der Waals surface area contributed by atoms with E-state index in [4.69, 9.17) is 0 Å². The topological polar surface area (TPSA) is 75.5 Å². The summed E-state index contributed by atoms with van der Waals surface area (Å²) in [6.45, 7) is 2.63. The van der Waals surface area contributed by atoms with Gasteiger partial charge < -0.3 is 15.0 Å². The highest BCUT2D eigenvalue weighted by atomic mass is 16.2. The van der Waals surface area contributed by atoms with Crippen LogP contribution in [0.25, 0.3) is 5.65 Å². The molecule has 3 rings (SSSR count). The second-order valence-corrected chi connectivity index (χ2v) is 4.98. The second kappa shape index (κ2) is 4.96. The summed E-state index contributed by atoms with van der Waals surface area (Å²) >= 11 is 0. The molecule has 1 saturated heterocycles. The number of pyridine rings is 1. The Balaban J connectivity index is 1.82. The van der Waals surface area contributed by atoms with E-state index in [2.05, 4.69) is 15.6 Å². The maximum Gasteiger partial charge on any atom is 0.272 e. The molecule has 0 bridgehead atoms. The highest BCUT2D eigenvalue weighted by molar-refractivity contribution is 5.96. The van der Waals surface area contributed by atoms with Crippen molar-refractivity contribution in [3.63, 3.8) is 0 Å². The molecule has 2 amide bonds. The van der Waals surface area contributed by atoms with Crippen LogP contribution < -0.4 is 10.6 Å². The lowest BCUT2D eigenvalue weighted by Gasteiger charge is -2.22. The molecule has 1 aliphatic heterocycles. The van der Waals surface area contributed by atoms with Gasteiger partial charge in [0.15, 0.2) is 0 Å². The van der Waals surface area contributed by atoms with Gasteiger partial charge in [-0.1, -0.05) is 6.07 Å². The number of imidazole rings is 1. The zero-order chi connectivity index (χ0) is 14.1. The molecular formula is C14H16N4O2. The number of rotatable bonds is 2. The van der Waals surface area contributed by atoms with Gasteiger partial charge in [-0.15, -0.1) is 0 Å². The summed E-state index contributed by atoms with van der Waals surface area (Å²) in [6, 6.07) is 5.23. The van der Waals surface area contributed by atoms with Gasteiger partial charge in [0.25, 0.3) is 5.91 Å². The molecule has 2 aromatic heterocycles. The lowest BCUT2D eigenvalue weighted by atomic mass is 10.1. The molecule has 1 fully saturated rings. The number of aromatic nitrogens is 2. The maximum absolute atomic E-state index is 12.2. The van der Waals surface area contributed by atoms with Crippen LogP contribution in [-0.2, 0) is 4.79 Å². The molecule has 0 aromatic carbocycles. The van der Waals surface area contributed by atoms with Crippen molar-refractivity contribution in [3.05, 3.63) is 35.8 Å². The number of amides is 2. The fraction of sp³-hybridized carbons (Fsp3) is 0.357. The number of hydrogen-bond acceptors (Lipinski definition) is 3. The fourth-order valence-corrected chi connectivity index (χ4v) is 2.40. The van der Waals surface area contributed by atoms with E-state index in [0.29, 0.717) is 18.7 Å². The third-order valence-corrected chi connectivity index (χ3v) is 3.52. The molecule has 0 unspecified atom stereocenters. The Labute approximate surface area is 116 Å². The van der Waals surface area contributed by atoms with Gasteiger partial charge in [0.2, 0.25) is 5.91 Å². The SMILES string of the molecule is Cc1cccc2nc(C(=O)N[C@H]3CCCNC3=O)cn12. The first-order valence-corrected chi connectivity index (χ1v) is 6.68. The Hall–Kier alpha value is -2.37. The average molecular weight is 272 g/mol. The van der Waals surface area contributed by atoms with E-state index in [1.165, 1.54) is 0 Å². The minimum atomic E-state index is -0.456. The minimum absolute atomic E-state index is 0.121. The Bertz CT molecular complexity index is 677. The van der Waals surface area contributed by atoms with Crippen LogP contribution in [0.3, 0.4) is 0 Å². The summed E-state index contributed by atoms with van der Waals surface area (Å²) in [4.78, 5) is 28.1. The van der Waals surface area contributed by atoms with E-state index in [1.807, 2.05) is 29.5 Å². The van der Waals surface area contributed by atoms with Crippen molar-refractivity contribution in [1.82, 2.24) is 20.0 Å². The largest absolute Gasteiger partial charge is 0.354 e. The number of hydrogen-bond donors (Lipinski definition) is 2. The Morgan fingerprint density at radius 1 is 1.50 bits per heavy atom. The van der Waals surface area contributed by atoms with Gasteiger partial charge in [-0.25, -0.2) is 4.98 Å². The number of nitrogens with one attached hydrogen (secondary N) is 2. The van der Waals surface area contributed by atoms with Gasteiger partial charge in [-0.05, 0) is 31.9 Å². The third kappa shape index (κ3) is 2.24. The van der Waals surface area contributed by atoms with Crippen molar-refractivity contribution in [2.75, 3.05) is 6.54 Å². The summed E-state index contributed by atoms with van der Waals surface area (Å²) in [6.07, 6.45) is 3.24. The van der Waals surface area contributed by atoms with Crippen LogP contribution in [0.2, 0.25) is 0 Å². The van der Waals surface area contributed by atoms with Gasteiger partial charge in [0.05, 0.1) is 0 Å². The molecule has 0 aliphatic carbocycles. The monoisotopic (exact) mass is 272 g/mol. The molecule has 3 heterocycles. The number of fused-ring (bicyclic) bond motifs is 1. The van der Waals surface area contributed by atoms with Crippen LogP contribution in [0, 0.1) is 6.92 Å².